The molecule has 0 aromatic heterocycles. The Kier molecular flexibility index (Phi) is 16.1. The summed E-state index contributed by atoms with van der Waals surface area (Å²) in [6.45, 7) is 2.25. The minimum Gasteiger partial charge on any atom is -0.464 e. The average molecular weight is 360 g/mol. The minimum absolute atomic E-state index is 0.174. The zero-order valence-corrected chi connectivity index (χ0v) is 16.1. The van der Waals surface area contributed by atoms with Crippen LogP contribution in [0.15, 0.2) is 11.8 Å². The number of carbonyl (C=O) groups excluding carboxylic acids is 2. The molecule has 1 amide bonds. The van der Waals surface area contributed by atoms with Gasteiger partial charge in [0.1, 0.15) is 11.6 Å². The first-order chi connectivity index (χ1) is 11.7. The molecule has 0 aliphatic carbocycles. The molecule has 4 nitrogen and oxygen atoms in total. The van der Waals surface area contributed by atoms with Gasteiger partial charge >= 0.3 is 5.97 Å². The number of esters is 1. The van der Waals surface area contributed by atoms with Crippen molar-refractivity contribution < 1.29 is 14.3 Å². The van der Waals surface area contributed by atoms with E-state index in [0.717, 1.165) is 19.3 Å². The summed E-state index contributed by atoms with van der Waals surface area (Å²) in [4.78, 5) is 22.8. The molecule has 140 valence electrons. The second-order valence-corrected chi connectivity index (χ2v) is 6.38. The van der Waals surface area contributed by atoms with Crippen molar-refractivity contribution in [2.45, 2.75) is 84.0 Å². The highest BCUT2D eigenvalue weighted by molar-refractivity contribution is 6.27. The Balaban J connectivity index is 3.69. The fraction of sp³-hybridized carbons (Fsp3) is 0.789. The van der Waals surface area contributed by atoms with Crippen molar-refractivity contribution in [3.63, 3.8) is 0 Å². The van der Waals surface area contributed by atoms with Gasteiger partial charge in [-0.25, -0.2) is 4.79 Å². The maximum absolute atomic E-state index is 11.5. The Labute approximate surface area is 152 Å². The van der Waals surface area contributed by atoms with Crippen molar-refractivity contribution in [3.8, 4) is 0 Å². The molecule has 0 aromatic rings. The number of amides is 1. The summed E-state index contributed by atoms with van der Waals surface area (Å²) in [6.07, 6.45) is 16.6. The highest BCUT2D eigenvalue weighted by Crippen LogP contribution is 2.12. The third-order valence-corrected chi connectivity index (χ3v) is 4.20. The van der Waals surface area contributed by atoms with Gasteiger partial charge in [0.2, 0.25) is 5.91 Å². The molecule has 0 unspecified atom stereocenters. The predicted octanol–water partition coefficient (Wildman–Crippen LogP) is 5.10. The van der Waals surface area contributed by atoms with Crippen LogP contribution in [-0.2, 0) is 14.3 Å². The molecule has 24 heavy (non-hydrogen) atoms. The first-order valence-corrected chi connectivity index (χ1v) is 9.83. The number of halogens is 1. The Hall–Kier alpha value is -1.03. The monoisotopic (exact) mass is 359 g/mol. The minimum atomic E-state index is -0.531. The van der Waals surface area contributed by atoms with Crippen molar-refractivity contribution in [1.82, 2.24) is 5.32 Å². The molecular formula is C19H34ClNO3. The van der Waals surface area contributed by atoms with E-state index in [2.05, 4.69) is 17.0 Å². The van der Waals surface area contributed by atoms with E-state index in [1.54, 1.807) is 6.08 Å². The zero-order valence-electron chi connectivity index (χ0n) is 15.4. The van der Waals surface area contributed by atoms with Crippen LogP contribution in [0.2, 0.25) is 0 Å². The first-order valence-electron chi connectivity index (χ1n) is 9.30. The van der Waals surface area contributed by atoms with Crippen molar-refractivity contribution in [2.75, 3.05) is 13.0 Å². The third-order valence-electron chi connectivity index (χ3n) is 3.96. The molecule has 0 fully saturated rings. The van der Waals surface area contributed by atoms with E-state index in [1.165, 1.54) is 64.9 Å². The van der Waals surface area contributed by atoms with Crippen LogP contribution < -0.4 is 5.32 Å². The topological polar surface area (TPSA) is 55.4 Å². The van der Waals surface area contributed by atoms with Crippen LogP contribution in [0.25, 0.3) is 0 Å². The van der Waals surface area contributed by atoms with Crippen LogP contribution in [0, 0.1) is 0 Å². The molecule has 0 atom stereocenters. The average Bonchev–Trinajstić information content (AvgIpc) is 2.60. The maximum Gasteiger partial charge on any atom is 0.354 e. The first kappa shape index (κ1) is 23.0. The molecule has 0 bridgehead atoms. The van der Waals surface area contributed by atoms with Gasteiger partial charge in [0, 0.05) is 0 Å². The summed E-state index contributed by atoms with van der Waals surface area (Å²) in [5.41, 5.74) is 0.190. The Morgan fingerprint density at radius 2 is 1.42 bits per heavy atom. The molecule has 0 aliphatic rings. The predicted molar refractivity (Wildman–Crippen MR) is 100 cm³/mol. The fourth-order valence-electron chi connectivity index (χ4n) is 2.53. The smallest absolute Gasteiger partial charge is 0.354 e. The van der Waals surface area contributed by atoms with Gasteiger partial charge in [0.05, 0.1) is 7.11 Å². The van der Waals surface area contributed by atoms with E-state index in [9.17, 15) is 9.59 Å². The summed E-state index contributed by atoms with van der Waals surface area (Å²) in [6, 6.07) is 0. The summed E-state index contributed by atoms with van der Waals surface area (Å²) < 4.78 is 4.65. The second kappa shape index (κ2) is 16.8. The SMILES string of the molecule is CCCCCCCCCCCCC/C=C(\NC(=O)CCl)C(=O)OC. The lowest BCUT2D eigenvalue weighted by atomic mass is 10.1. The molecule has 0 heterocycles. The molecule has 0 spiro atoms. The quantitative estimate of drug-likeness (QED) is 0.191. The number of methoxy groups -OCH3 is 1. The Morgan fingerprint density at radius 3 is 1.88 bits per heavy atom. The van der Waals surface area contributed by atoms with Crippen molar-refractivity contribution in [3.05, 3.63) is 11.8 Å². The molecule has 0 aliphatic heterocycles. The number of carbonyl (C=O) groups is 2. The lowest BCUT2D eigenvalue weighted by molar-refractivity contribution is -0.137. The van der Waals surface area contributed by atoms with E-state index < -0.39 is 11.9 Å². The van der Waals surface area contributed by atoms with E-state index in [1.807, 2.05) is 0 Å². The summed E-state index contributed by atoms with van der Waals surface area (Å²) in [7, 11) is 1.30. The third kappa shape index (κ3) is 13.4. The molecule has 0 aromatic carbocycles. The van der Waals surface area contributed by atoms with Crippen LogP contribution in [0.1, 0.15) is 84.0 Å². The summed E-state index contributed by atoms with van der Waals surface area (Å²) >= 11 is 5.43. The van der Waals surface area contributed by atoms with Gasteiger partial charge in [0.25, 0.3) is 0 Å². The molecule has 0 radical (unpaired) electrons. The maximum atomic E-state index is 11.5. The van der Waals surface area contributed by atoms with Crippen LogP contribution in [0.5, 0.6) is 0 Å². The number of unbranched alkanes of at least 4 members (excludes halogenated alkanes) is 11. The lowest BCUT2D eigenvalue weighted by Gasteiger charge is -2.06. The zero-order chi connectivity index (χ0) is 18.0. The highest BCUT2D eigenvalue weighted by atomic mass is 35.5. The number of alkyl halides is 1. The van der Waals surface area contributed by atoms with Gasteiger partial charge in [0.15, 0.2) is 0 Å². The van der Waals surface area contributed by atoms with Crippen LogP contribution >= 0.6 is 11.6 Å². The van der Waals surface area contributed by atoms with Gasteiger partial charge in [-0.3, -0.25) is 4.79 Å². The lowest BCUT2D eigenvalue weighted by Crippen LogP contribution is -2.28. The van der Waals surface area contributed by atoms with Crippen molar-refractivity contribution in [1.29, 1.82) is 0 Å². The number of hydrogen-bond donors (Lipinski definition) is 1. The molecule has 0 saturated heterocycles. The van der Waals surface area contributed by atoms with Gasteiger partial charge in [-0.15, -0.1) is 11.6 Å². The molecule has 1 N–H and O–H groups in total. The number of hydrogen-bond acceptors (Lipinski definition) is 3. The number of allylic oxidation sites excluding steroid dienone is 1. The van der Waals surface area contributed by atoms with Gasteiger partial charge < -0.3 is 10.1 Å². The molecule has 0 saturated carbocycles. The largest absolute Gasteiger partial charge is 0.464 e. The van der Waals surface area contributed by atoms with E-state index >= 15 is 0 Å². The highest BCUT2D eigenvalue weighted by Gasteiger charge is 2.11. The van der Waals surface area contributed by atoms with Gasteiger partial charge in [-0.05, 0) is 12.8 Å². The van der Waals surface area contributed by atoms with Crippen LogP contribution in [-0.4, -0.2) is 24.9 Å². The molecular weight excluding hydrogens is 326 g/mol. The second-order valence-electron chi connectivity index (χ2n) is 6.12. The van der Waals surface area contributed by atoms with Crippen molar-refractivity contribution in [2.24, 2.45) is 0 Å². The Bertz CT molecular complexity index is 370. The molecule has 5 heteroatoms. The van der Waals surface area contributed by atoms with Gasteiger partial charge in [-0.2, -0.15) is 0 Å². The number of rotatable bonds is 15. The number of nitrogens with one attached hydrogen (secondary N) is 1. The van der Waals surface area contributed by atoms with Crippen molar-refractivity contribution >= 4 is 23.5 Å². The Morgan fingerprint density at radius 1 is 0.917 bits per heavy atom. The standard InChI is InChI=1S/C19H34ClNO3/c1-3-4-5-6-7-8-9-10-11-12-13-14-15-17(19(23)24-2)21-18(22)16-20/h15H,3-14,16H2,1-2H3,(H,21,22)/b17-15-. The van der Waals surface area contributed by atoms with Gasteiger partial charge in [-0.1, -0.05) is 77.2 Å². The van der Waals surface area contributed by atoms with E-state index in [4.69, 9.17) is 11.6 Å². The van der Waals surface area contributed by atoms with E-state index in [-0.39, 0.29) is 11.6 Å². The fourth-order valence-corrected chi connectivity index (χ4v) is 2.60. The van der Waals surface area contributed by atoms with Crippen LogP contribution in [0.3, 0.4) is 0 Å². The van der Waals surface area contributed by atoms with E-state index in [0.29, 0.717) is 0 Å². The summed E-state index contributed by atoms with van der Waals surface area (Å²) in [5.74, 6) is -1.10. The summed E-state index contributed by atoms with van der Waals surface area (Å²) in [5, 5.41) is 2.47. The number of ether oxygens (including phenoxy) is 1. The normalized spacial score (nSPS) is 11.4. The van der Waals surface area contributed by atoms with Crippen LogP contribution in [0.4, 0.5) is 0 Å². The molecule has 0 rings (SSSR count).